The summed E-state index contributed by atoms with van der Waals surface area (Å²) < 4.78 is 35.2. The summed E-state index contributed by atoms with van der Waals surface area (Å²) in [6.45, 7) is 0. The molecule has 1 atom stereocenters. The molecule has 3 aromatic rings. The number of allylic oxidation sites excluding steroid dienone is 1. The van der Waals surface area contributed by atoms with Crippen molar-refractivity contribution in [1.29, 1.82) is 0 Å². The number of carboxylic acid groups (broad SMARTS) is 1. The summed E-state index contributed by atoms with van der Waals surface area (Å²) in [7, 11) is 1.50. The molecule has 0 spiro atoms. The van der Waals surface area contributed by atoms with Gasteiger partial charge in [-0.25, -0.2) is 19.0 Å². The molecule has 1 heterocycles. The molecule has 1 aliphatic heterocycles. The molecule has 0 aromatic heterocycles. The Balaban J connectivity index is 1.73. The first-order chi connectivity index (χ1) is 17.4. The number of halogens is 2. The number of hydrogen-bond donors (Lipinski definition) is 3. The van der Waals surface area contributed by atoms with Crippen molar-refractivity contribution in [2.75, 3.05) is 12.5 Å². The Morgan fingerprint density at radius 2 is 1.81 bits per heavy atom. The molecular weight excluding hydrogens is 462 g/mol. The van der Waals surface area contributed by atoms with Gasteiger partial charge < -0.3 is 15.3 Å². The quantitative estimate of drug-likeness (QED) is 0.199. The monoisotopic (exact) mass is 488 g/mol. The molecule has 2 aliphatic rings. The fraction of sp³-hybridized carbons (Fsp3) is 0.207. The standard InChI is InChI=1S/C29H26F2N2O3/c1-36-21-11-12-22(24(30)16-21)28(18-3-2-4-18)27(19-8-5-17(6-9-19)7-14-26(34)35)20-10-13-25-23(15-20)29(31)33-32-25/h5-16,18,29,32-33H,2-4H2,1H3,(H,34,35)/b14-7+,28-27+. The van der Waals surface area contributed by atoms with Gasteiger partial charge in [-0.2, -0.15) is 0 Å². The van der Waals surface area contributed by atoms with Crippen molar-refractivity contribution in [2.45, 2.75) is 25.6 Å². The number of methoxy groups -OCH3 is 1. The van der Waals surface area contributed by atoms with Crippen LogP contribution in [0.3, 0.4) is 0 Å². The van der Waals surface area contributed by atoms with Gasteiger partial charge in [0, 0.05) is 23.3 Å². The van der Waals surface area contributed by atoms with Crippen LogP contribution in [0.5, 0.6) is 5.75 Å². The SMILES string of the molecule is COc1ccc(/C(=C(\c2ccc(/C=C/C(=O)O)cc2)c2ccc3c(c2)C(F)NN3)C2CCC2)c(F)c1. The molecule has 3 aromatic carbocycles. The first-order valence-electron chi connectivity index (χ1n) is 11.8. The Hall–Kier alpha value is -3.97. The molecule has 0 radical (unpaired) electrons. The topological polar surface area (TPSA) is 70.6 Å². The van der Waals surface area contributed by atoms with Crippen LogP contribution in [0, 0.1) is 11.7 Å². The van der Waals surface area contributed by atoms with Crippen LogP contribution in [0.1, 0.15) is 53.4 Å². The number of ether oxygens (including phenoxy) is 1. The van der Waals surface area contributed by atoms with Crippen LogP contribution in [0.4, 0.5) is 14.5 Å². The third-order valence-electron chi connectivity index (χ3n) is 6.81. The molecule has 1 unspecified atom stereocenters. The zero-order valence-corrected chi connectivity index (χ0v) is 19.7. The smallest absolute Gasteiger partial charge is 0.328 e. The highest BCUT2D eigenvalue weighted by Gasteiger charge is 2.30. The maximum atomic E-state index is 15.5. The highest BCUT2D eigenvalue weighted by molar-refractivity contribution is 6.00. The average molecular weight is 489 g/mol. The van der Waals surface area contributed by atoms with Crippen molar-refractivity contribution in [1.82, 2.24) is 5.43 Å². The molecule has 1 fully saturated rings. The number of alkyl halides is 1. The van der Waals surface area contributed by atoms with Crippen LogP contribution in [0.15, 0.2) is 66.7 Å². The van der Waals surface area contributed by atoms with Crippen molar-refractivity contribution in [3.05, 3.63) is 100 Å². The maximum Gasteiger partial charge on any atom is 0.328 e. The Bertz CT molecular complexity index is 1360. The van der Waals surface area contributed by atoms with E-state index in [0.717, 1.165) is 53.2 Å². The molecule has 3 N–H and O–H groups in total. The van der Waals surface area contributed by atoms with Crippen LogP contribution < -0.4 is 15.6 Å². The van der Waals surface area contributed by atoms with Gasteiger partial charge in [0.05, 0.1) is 12.8 Å². The van der Waals surface area contributed by atoms with Crippen molar-refractivity contribution in [2.24, 2.45) is 5.92 Å². The van der Waals surface area contributed by atoms with Gasteiger partial charge in [-0.05, 0) is 76.9 Å². The second-order valence-corrected chi connectivity index (χ2v) is 8.99. The fourth-order valence-corrected chi connectivity index (χ4v) is 4.76. The number of hydrazine groups is 1. The van der Waals surface area contributed by atoms with E-state index in [0.29, 0.717) is 22.6 Å². The summed E-state index contributed by atoms with van der Waals surface area (Å²) >= 11 is 0. The van der Waals surface area contributed by atoms with Crippen molar-refractivity contribution in [3.63, 3.8) is 0 Å². The van der Waals surface area contributed by atoms with E-state index in [2.05, 4.69) is 10.9 Å². The number of aliphatic carboxylic acids is 1. The summed E-state index contributed by atoms with van der Waals surface area (Å²) in [6, 6.07) is 17.9. The van der Waals surface area contributed by atoms with E-state index in [-0.39, 0.29) is 11.7 Å². The molecule has 36 heavy (non-hydrogen) atoms. The number of benzene rings is 3. The van der Waals surface area contributed by atoms with Gasteiger partial charge in [0.25, 0.3) is 0 Å². The predicted octanol–water partition coefficient (Wildman–Crippen LogP) is 6.59. The van der Waals surface area contributed by atoms with Gasteiger partial charge in [0.2, 0.25) is 0 Å². The van der Waals surface area contributed by atoms with Crippen molar-refractivity contribution >= 4 is 28.9 Å². The lowest BCUT2D eigenvalue weighted by Crippen LogP contribution is -2.16. The van der Waals surface area contributed by atoms with Crippen LogP contribution >= 0.6 is 0 Å². The molecule has 0 amide bonds. The van der Waals surface area contributed by atoms with E-state index in [1.54, 1.807) is 18.2 Å². The van der Waals surface area contributed by atoms with Crippen LogP contribution in [-0.4, -0.2) is 18.2 Å². The zero-order chi connectivity index (χ0) is 25.2. The number of hydrogen-bond acceptors (Lipinski definition) is 4. The normalized spacial score (nSPS) is 17.8. The van der Waals surface area contributed by atoms with E-state index in [9.17, 15) is 9.18 Å². The fourth-order valence-electron chi connectivity index (χ4n) is 4.76. The van der Waals surface area contributed by atoms with E-state index < -0.39 is 12.3 Å². The average Bonchev–Trinajstić information content (AvgIpc) is 3.22. The molecule has 184 valence electrons. The van der Waals surface area contributed by atoms with Gasteiger partial charge in [-0.15, -0.1) is 0 Å². The predicted molar refractivity (Wildman–Crippen MR) is 136 cm³/mol. The van der Waals surface area contributed by atoms with Gasteiger partial charge in [0.15, 0.2) is 6.30 Å². The number of anilines is 1. The summed E-state index contributed by atoms with van der Waals surface area (Å²) in [4.78, 5) is 10.9. The second-order valence-electron chi connectivity index (χ2n) is 8.99. The molecule has 0 saturated heterocycles. The summed E-state index contributed by atoms with van der Waals surface area (Å²) in [5.74, 6) is -0.805. The first-order valence-corrected chi connectivity index (χ1v) is 11.8. The Kier molecular flexibility index (Phi) is 6.57. The van der Waals surface area contributed by atoms with Crippen LogP contribution in [-0.2, 0) is 4.79 Å². The minimum absolute atomic E-state index is 0.153. The van der Waals surface area contributed by atoms with Crippen LogP contribution in [0.2, 0.25) is 0 Å². The zero-order valence-electron chi connectivity index (χ0n) is 19.7. The van der Waals surface area contributed by atoms with Crippen molar-refractivity contribution < 1.29 is 23.4 Å². The Morgan fingerprint density at radius 3 is 2.44 bits per heavy atom. The van der Waals surface area contributed by atoms with E-state index >= 15 is 4.39 Å². The number of carbonyl (C=O) groups is 1. The summed E-state index contributed by atoms with van der Waals surface area (Å²) in [6.07, 6.45) is 4.18. The Labute approximate surface area is 208 Å². The van der Waals surface area contributed by atoms with Gasteiger partial charge in [-0.3, -0.25) is 0 Å². The number of carboxylic acids is 1. The first kappa shape index (κ1) is 23.8. The second kappa shape index (κ2) is 9.95. The van der Waals surface area contributed by atoms with E-state index in [4.69, 9.17) is 9.84 Å². The van der Waals surface area contributed by atoms with Gasteiger partial charge in [0.1, 0.15) is 11.6 Å². The summed E-state index contributed by atoms with van der Waals surface area (Å²) in [5.41, 5.74) is 11.2. The molecule has 1 saturated carbocycles. The molecular formula is C29H26F2N2O3. The lowest BCUT2D eigenvalue weighted by molar-refractivity contribution is -0.131. The molecule has 0 bridgehead atoms. The number of nitrogens with one attached hydrogen (secondary N) is 2. The Morgan fingerprint density at radius 1 is 1.06 bits per heavy atom. The lowest BCUT2D eigenvalue weighted by Gasteiger charge is -2.32. The van der Waals surface area contributed by atoms with Crippen LogP contribution in [0.25, 0.3) is 17.2 Å². The lowest BCUT2D eigenvalue weighted by atomic mass is 9.73. The highest BCUT2D eigenvalue weighted by Crippen LogP contribution is 2.47. The maximum absolute atomic E-state index is 15.5. The van der Waals surface area contributed by atoms with Gasteiger partial charge >= 0.3 is 5.97 Å². The largest absolute Gasteiger partial charge is 0.497 e. The third kappa shape index (κ3) is 4.62. The minimum Gasteiger partial charge on any atom is -0.497 e. The molecule has 7 heteroatoms. The highest BCUT2D eigenvalue weighted by atomic mass is 19.1. The molecule has 1 aliphatic carbocycles. The number of fused-ring (bicyclic) bond motifs is 1. The summed E-state index contributed by atoms with van der Waals surface area (Å²) in [5, 5.41) is 8.94. The minimum atomic E-state index is -1.35. The van der Waals surface area contributed by atoms with Gasteiger partial charge in [-0.1, -0.05) is 36.8 Å². The van der Waals surface area contributed by atoms with E-state index in [1.165, 1.54) is 19.3 Å². The molecule has 5 rings (SSSR count). The third-order valence-corrected chi connectivity index (χ3v) is 6.81. The number of rotatable bonds is 7. The molecule has 5 nitrogen and oxygen atoms in total. The van der Waals surface area contributed by atoms with E-state index in [1.807, 2.05) is 36.4 Å². The van der Waals surface area contributed by atoms with Crippen molar-refractivity contribution in [3.8, 4) is 5.75 Å².